The minimum Gasteiger partial charge on any atom is -0.350 e. The molecular formula is C29H27F3N6O3S. The largest absolute Gasteiger partial charge is 0.416 e. The van der Waals surface area contributed by atoms with Gasteiger partial charge >= 0.3 is 6.18 Å². The summed E-state index contributed by atoms with van der Waals surface area (Å²) in [4.78, 5) is 24.2. The highest BCUT2D eigenvalue weighted by atomic mass is 32.2. The third kappa shape index (κ3) is 4.92. The number of nitrogens with zero attached hydrogens (tertiary/aromatic N) is 3. The lowest BCUT2D eigenvalue weighted by Crippen LogP contribution is -2.42. The molecule has 42 heavy (non-hydrogen) atoms. The number of H-pyrrole nitrogens is 1. The molecule has 1 aliphatic carbocycles. The van der Waals surface area contributed by atoms with E-state index in [4.69, 9.17) is 5.73 Å². The number of aromatic nitrogens is 4. The van der Waals surface area contributed by atoms with E-state index in [9.17, 15) is 26.4 Å². The van der Waals surface area contributed by atoms with Crippen LogP contribution in [-0.4, -0.2) is 39.4 Å². The van der Waals surface area contributed by atoms with Crippen molar-refractivity contribution in [2.24, 2.45) is 5.73 Å². The molecule has 5 aromatic rings. The van der Waals surface area contributed by atoms with Crippen LogP contribution in [0.3, 0.4) is 0 Å². The van der Waals surface area contributed by atoms with Crippen LogP contribution in [0.2, 0.25) is 0 Å². The van der Waals surface area contributed by atoms with Crippen LogP contribution in [-0.2, 0) is 16.2 Å². The first-order chi connectivity index (χ1) is 19.9. The van der Waals surface area contributed by atoms with Crippen molar-refractivity contribution in [3.05, 3.63) is 82.5 Å². The van der Waals surface area contributed by atoms with Gasteiger partial charge in [0.1, 0.15) is 0 Å². The molecule has 1 fully saturated rings. The zero-order valence-corrected chi connectivity index (χ0v) is 23.3. The van der Waals surface area contributed by atoms with E-state index in [0.29, 0.717) is 5.56 Å². The van der Waals surface area contributed by atoms with Crippen LogP contribution in [0.1, 0.15) is 36.8 Å². The number of halogens is 3. The second kappa shape index (κ2) is 10.2. The first kappa shape index (κ1) is 27.9. The number of fused-ring (bicyclic) bond motifs is 2. The number of rotatable bonds is 5. The van der Waals surface area contributed by atoms with Crippen LogP contribution in [0, 0.1) is 6.92 Å². The normalized spacial score (nSPS) is 18.0. The summed E-state index contributed by atoms with van der Waals surface area (Å²) in [6.07, 6.45) is 3.02. The molecule has 4 N–H and O–H groups in total. The molecule has 0 radical (unpaired) electrons. The zero-order valence-electron chi connectivity index (χ0n) is 22.4. The van der Waals surface area contributed by atoms with Crippen molar-refractivity contribution in [3.63, 3.8) is 0 Å². The molecule has 3 heterocycles. The lowest BCUT2D eigenvalue weighted by molar-refractivity contribution is -0.137. The lowest BCUT2D eigenvalue weighted by Gasteiger charge is -2.29. The Morgan fingerprint density at radius 3 is 2.50 bits per heavy atom. The smallest absolute Gasteiger partial charge is 0.350 e. The topological polar surface area (TPSA) is 136 Å². The van der Waals surface area contributed by atoms with Gasteiger partial charge in [0.15, 0.2) is 0 Å². The molecule has 218 valence electrons. The highest BCUT2D eigenvalue weighted by Gasteiger charge is 2.32. The fraction of sp³-hybridized carbons (Fsp3) is 0.276. The summed E-state index contributed by atoms with van der Waals surface area (Å²) in [5.41, 5.74) is 6.28. The second-order valence-electron chi connectivity index (χ2n) is 10.6. The molecule has 0 aliphatic heterocycles. The predicted molar refractivity (Wildman–Crippen MR) is 154 cm³/mol. The van der Waals surface area contributed by atoms with E-state index in [0.717, 1.165) is 47.4 Å². The van der Waals surface area contributed by atoms with Gasteiger partial charge in [-0.3, -0.25) is 4.79 Å². The van der Waals surface area contributed by atoms with Crippen molar-refractivity contribution >= 4 is 37.8 Å². The van der Waals surface area contributed by atoms with Crippen LogP contribution in [0.15, 0.2) is 70.7 Å². The summed E-state index contributed by atoms with van der Waals surface area (Å²) in [5.74, 6) is 0.243. The van der Waals surface area contributed by atoms with Gasteiger partial charge in [0.25, 0.3) is 15.6 Å². The van der Waals surface area contributed by atoms with Gasteiger partial charge in [-0.2, -0.15) is 13.2 Å². The summed E-state index contributed by atoms with van der Waals surface area (Å²) < 4.78 is 69.6. The van der Waals surface area contributed by atoms with Crippen LogP contribution >= 0.6 is 0 Å². The maximum Gasteiger partial charge on any atom is 0.416 e. The zero-order chi connectivity index (χ0) is 29.8. The number of hydrogen-bond donors (Lipinski definition) is 3. The van der Waals surface area contributed by atoms with Gasteiger partial charge < -0.3 is 16.0 Å². The van der Waals surface area contributed by atoms with E-state index in [1.54, 1.807) is 19.1 Å². The molecule has 13 heteroatoms. The van der Waals surface area contributed by atoms with E-state index in [2.05, 4.69) is 20.3 Å². The number of anilines is 1. The average molecular weight is 597 g/mol. The third-order valence-corrected chi connectivity index (χ3v) is 9.42. The summed E-state index contributed by atoms with van der Waals surface area (Å²) >= 11 is 0. The number of aryl methyl sites for hydroxylation is 1. The molecule has 2 unspecified atom stereocenters. The summed E-state index contributed by atoms with van der Waals surface area (Å²) in [5, 5.41) is 3.62. The van der Waals surface area contributed by atoms with E-state index < -0.39 is 27.3 Å². The molecular weight excluding hydrogens is 569 g/mol. The first-order valence-corrected chi connectivity index (χ1v) is 14.8. The highest BCUT2D eigenvalue weighted by Crippen LogP contribution is 2.39. The monoisotopic (exact) mass is 596 g/mol. The van der Waals surface area contributed by atoms with Gasteiger partial charge in [0.2, 0.25) is 5.95 Å². The molecule has 2 atom stereocenters. The number of pyridine rings is 1. The molecule has 0 spiro atoms. The molecule has 1 aliphatic rings. The average Bonchev–Trinajstić information content (AvgIpc) is 3.34. The van der Waals surface area contributed by atoms with Crippen molar-refractivity contribution in [2.45, 2.75) is 55.8 Å². The van der Waals surface area contributed by atoms with Gasteiger partial charge in [-0.05, 0) is 44.0 Å². The number of nitrogens with two attached hydrogens (primary N) is 1. The Bertz CT molecular complexity index is 1980. The predicted octanol–water partition coefficient (Wildman–Crippen LogP) is 5.19. The highest BCUT2D eigenvalue weighted by molar-refractivity contribution is 7.90. The van der Waals surface area contributed by atoms with Crippen LogP contribution in [0.25, 0.3) is 32.9 Å². The first-order valence-electron chi connectivity index (χ1n) is 13.4. The minimum absolute atomic E-state index is 0.0657. The second-order valence-corrected chi connectivity index (χ2v) is 12.4. The Hall–Kier alpha value is -4.23. The minimum atomic E-state index is -4.70. The van der Waals surface area contributed by atoms with E-state index in [-0.39, 0.29) is 50.3 Å². The van der Waals surface area contributed by atoms with Crippen LogP contribution in [0.5, 0.6) is 0 Å². The van der Waals surface area contributed by atoms with Gasteiger partial charge in [-0.25, -0.2) is 22.4 Å². The molecule has 9 nitrogen and oxygen atoms in total. The van der Waals surface area contributed by atoms with Crippen molar-refractivity contribution in [2.75, 3.05) is 5.32 Å². The Morgan fingerprint density at radius 2 is 1.79 bits per heavy atom. The third-order valence-electron chi connectivity index (χ3n) is 7.74. The van der Waals surface area contributed by atoms with Crippen LogP contribution < -0.4 is 16.6 Å². The Morgan fingerprint density at radius 1 is 1.05 bits per heavy atom. The van der Waals surface area contributed by atoms with E-state index in [1.165, 1.54) is 36.8 Å². The number of nitrogens with one attached hydrogen (secondary N) is 2. The number of aromatic amines is 1. The number of benzene rings is 2. The number of hydrogen-bond acceptors (Lipinski definition) is 7. The molecule has 3 aromatic heterocycles. The van der Waals surface area contributed by atoms with E-state index >= 15 is 0 Å². The molecule has 0 amide bonds. The summed E-state index contributed by atoms with van der Waals surface area (Å²) in [7, 11) is -4.31. The fourth-order valence-electron chi connectivity index (χ4n) is 5.43. The summed E-state index contributed by atoms with van der Waals surface area (Å²) in [6, 6.07) is 8.81. The molecule has 1 saturated carbocycles. The Labute approximate surface area is 238 Å². The number of alkyl halides is 3. The Balaban J connectivity index is 1.57. The standard InChI is InChI=1S/C29H27F3N6O3S/c1-16-6-9-18(10-7-16)42(40,41)38-15-22(19-11-8-17(12-25(19)38)29(30,31)32)20-13-34-27(39)21-14-35-28(37-26(20)21)36-24-5-3-2-4-23(24)33/h6-15,23-24H,2-5,33H2,1H3,(H,34,39)(H,35,36,37). The van der Waals surface area contributed by atoms with Crippen molar-refractivity contribution in [3.8, 4) is 11.1 Å². The Kier molecular flexibility index (Phi) is 6.81. The SMILES string of the molecule is Cc1ccc(S(=O)(=O)n2cc(-c3c[nH]c(=O)c4cnc(NC5CCCCC5N)nc34)c3ccc(C(F)(F)F)cc32)cc1. The van der Waals surface area contributed by atoms with Crippen molar-refractivity contribution < 1.29 is 21.6 Å². The summed E-state index contributed by atoms with van der Waals surface area (Å²) in [6.45, 7) is 1.80. The van der Waals surface area contributed by atoms with E-state index in [1.807, 2.05) is 0 Å². The van der Waals surface area contributed by atoms with Crippen molar-refractivity contribution in [1.82, 2.24) is 18.9 Å². The molecule has 2 aromatic carbocycles. The fourth-order valence-corrected chi connectivity index (χ4v) is 6.79. The quantitative estimate of drug-likeness (QED) is 0.254. The van der Waals surface area contributed by atoms with Crippen LogP contribution in [0.4, 0.5) is 19.1 Å². The lowest BCUT2D eigenvalue weighted by atomic mass is 9.91. The van der Waals surface area contributed by atoms with Crippen molar-refractivity contribution in [1.29, 1.82) is 0 Å². The maximum absolute atomic E-state index is 13.8. The van der Waals surface area contributed by atoms with Gasteiger partial charge in [-0.15, -0.1) is 0 Å². The molecule has 0 bridgehead atoms. The molecule has 6 rings (SSSR count). The maximum atomic E-state index is 13.8. The van der Waals surface area contributed by atoms with Gasteiger partial charge in [-0.1, -0.05) is 36.6 Å². The van der Waals surface area contributed by atoms with Gasteiger partial charge in [0, 0.05) is 47.2 Å². The molecule has 0 saturated heterocycles. The van der Waals surface area contributed by atoms with Gasteiger partial charge in [0.05, 0.1) is 26.9 Å².